The molecule has 1 aromatic carbocycles. The van der Waals surface area contributed by atoms with E-state index in [2.05, 4.69) is 5.32 Å². The number of carboxylic acid groups (broad SMARTS) is 1. The number of hydrogen-bond donors (Lipinski definition) is 3. The maximum absolute atomic E-state index is 12.5. The summed E-state index contributed by atoms with van der Waals surface area (Å²) in [5.74, 6) is -1.33. The number of anilines is 1. The number of carboxylic acids is 1. The van der Waals surface area contributed by atoms with Crippen molar-refractivity contribution < 1.29 is 29.3 Å². The van der Waals surface area contributed by atoms with Crippen LogP contribution in [0.25, 0.3) is 0 Å². The van der Waals surface area contributed by atoms with Crippen molar-refractivity contribution in [1.82, 2.24) is 4.90 Å². The number of hydrogen-bond acceptors (Lipinski definition) is 5. The Morgan fingerprint density at radius 3 is 2.55 bits per heavy atom. The maximum atomic E-state index is 12.5. The molecule has 1 aromatic rings. The van der Waals surface area contributed by atoms with E-state index >= 15 is 0 Å². The summed E-state index contributed by atoms with van der Waals surface area (Å²) >= 11 is 0. The number of ether oxygens (including phenoxy) is 1. The smallest absolute Gasteiger partial charge is 0.303 e. The van der Waals surface area contributed by atoms with Gasteiger partial charge < -0.3 is 25.2 Å². The lowest BCUT2D eigenvalue weighted by Gasteiger charge is -2.21. The van der Waals surface area contributed by atoms with Crippen LogP contribution in [0.3, 0.4) is 0 Å². The van der Waals surface area contributed by atoms with Crippen LogP contribution in [-0.4, -0.2) is 65.8 Å². The highest BCUT2D eigenvalue weighted by Gasteiger charge is 2.22. The van der Waals surface area contributed by atoms with Crippen LogP contribution < -0.4 is 5.32 Å². The third kappa shape index (κ3) is 12.2. The molecule has 8 nitrogen and oxygen atoms in total. The number of nitrogens with one attached hydrogen (secondary N) is 1. The van der Waals surface area contributed by atoms with Crippen LogP contribution in [0, 0.1) is 0 Å². The molecule has 33 heavy (non-hydrogen) atoms. The van der Waals surface area contributed by atoms with Gasteiger partial charge in [0.25, 0.3) is 5.91 Å². The second-order valence-corrected chi connectivity index (χ2v) is 8.13. The van der Waals surface area contributed by atoms with Gasteiger partial charge in [0.1, 0.15) is 6.10 Å². The minimum Gasteiger partial charge on any atom is -0.481 e. The summed E-state index contributed by atoms with van der Waals surface area (Å²) in [6.07, 6.45) is 6.47. The Kier molecular flexibility index (Phi) is 13.7. The van der Waals surface area contributed by atoms with Gasteiger partial charge in [-0.2, -0.15) is 0 Å². The molecular weight excluding hydrogens is 424 g/mol. The molecule has 184 valence electrons. The van der Waals surface area contributed by atoms with Crippen LogP contribution in [0.15, 0.2) is 36.4 Å². The van der Waals surface area contributed by atoms with E-state index in [1.807, 2.05) is 13.0 Å². The molecule has 8 heteroatoms. The number of unbranched alkanes of at least 4 members (excludes halogenated alkanes) is 2. The zero-order chi connectivity index (χ0) is 24.6. The van der Waals surface area contributed by atoms with Gasteiger partial charge in [-0.15, -0.1) is 0 Å². The number of allylic oxidation sites excluding steroid dienone is 1. The minimum atomic E-state index is -0.895. The number of aliphatic carboxylic acids is 1. The fourth-order valence-electron chi connectivity index (χ4n) is 3.12. The van der Waals surface area contributed by atoms with Crippen molar-refractivity contribution in [3.05, 3.63) is 42.0 Å². The number of carbonyl (C=O) groups is 3. The lowest BCUT2D eigenvalue weighted by Crippen LogP contribution is -2.36. The van der Waals surface area contributed by atoms with Crippen LogP contribution in [-0.2, 0) is 25.5 Å². The summed E-state index contributed by atoms with van der Waals surface area (Å²) in [7, 11) is 3.31. The predicted molar refractivity (Wildman–Crippen MR) is 128 cm³/mol. The van der Waals surface area contributed by atoms with E-state index < -0.39 is 18.2 Å². The number of benzene rings is 1. The lowest BCUT2D eigenvalue weighted by atomic mass is 10.1. The SMILES string of the molecule is CCC(O)C=CCCCCOC(CCC(=O)Nc1ccccc1CCC(=O)O)C(=O)N(C)C. The Hall–Kier alpha value is -2.71. The van der Waals surface area contributed by atoms with Crippen molar-refractivity contribution in [2.75, 3.05) is 26.0 Å². The van der Waals surface area contributed by atoms with Crippen LogP contribution >= 0.6 is 0 Å². The average Bonchev–Trinajstić information content (AvgIpc) is 2.78. The Labute approximate surface area is 196 Å². The van der Waals surface area contributed by atoms with Gasteiger partial charge in [-0.1, -0.05) is 37.3 Å². The van der Waals surface area contributed by atoms with E-state index in [9.17, 15) is 19.5 Å². The first-order chi connectivity index (χ1) is 15.7. The molecule has 0 heterocycles. The molecule has 0 saturated carbocycles. The monoisotopic (exact) mass is 462 g/mol. The van der Waals surface area contributed by atoms with Gasteiger partial charge in [0, 0.05) is 39.2 Å². The quantitative estimate of drug-likeness (QED) is 0.256. The zero-order valence-corrected chi connectivity index (χ0v) is 20.0. The maximum Gasteiger partial charge on any atom is 0.303 e. The summed E-state index contributed by atoms with van der Waals surface area (Å²) in [6.45, 7) is 2.33. The first-order valence-corrected chi connectivity index (χ1v) is 11.5. The summed E-state index contributed by atoms with van der Waals surface area (Å²) < 4.78 is 5.79. The standard InChI is InChI=1S/C25H38N2O6/c1-4-20(28)12-7-5-6-10-18-33-22(25(32)27(2)3)15-16-23(29)26-21-13-9-8-11-19(21)14-17-24(30)31/h7-9,11-13,20,22,28H,4-6,10,14-18H2,1-3H3,(H,26,29)(H,30,31). The molecule has 0 saturated heterocycles. The summed E-state index contributed by atoms with van der Waals surface area (Å²) in [6, 6.07) is 7.11. The van der Waals surface area contributed by atoms with Gasteiger partial charge in [-0.3, -0.25) is 14.4 Å². The highest BCUT2D eigenvalue weighted by atomic mass is 16.5. The van der Waals surface area contributed by atoms with Crippen LogP contribution in [0.5, 0.6) is 0 Å². The average molecular weight is 463 g/mol. The molecule has 3 N–H and O–H groups in total. The molecule has 2 atom stereocenters. The second-order valence-electron chi connectivity index (χ2n) is 8.13. The summed E-state index contributed by atoms with van der Waals surface area (Å²) in [5, 5.41) is 21.2. The van der Waals surface area contributed by atoms with Gasteiger partial charge in [0.2, 0.25) is 5.91 Å². The van der Waals surface area contributed by atoms with Crippen molar-refractivity contribution in [1.29, 1.82) is 0 Å². The van der Waals surface area contributed by atoms with Crippen molar-refractivity contribution in [2.24, 2.45) is 0 Å². The number of nitrogens with zero attached hydrogens (tertiary/aromatic N) is 1. The molecule has 0 aliphatic rings. The van der Waals surface area contributed by atoms with E-state index in [0.717, 1.165) is 24.8 Å². The zero-order valence-electron chi connectivity index (χ0n) is 20.0. The van der Waals surface area contributed by atoms with Crippen LogP contribution in [0.1, 0.15) is 57.4 Å². The van der Waals surface area contributed by atoms with E-state index in [1.165, 1.54) is 4.90 Å². The summed E-state index contributed by atoms with van der Waals surface area (Å²) in [5.41, 5.74) is 1.34. The molecule has 0 radical (unpaired) electrons. The normalized spacial score (nSPS) is 13.0. The number of carbonyl (C=O) groups excluding carboxylic acids is 2. The van der Waals surface area contributed by atoms with Gasteiger partial charge in [0.15, 0.2) is 0 Å². The molecular formula is C25H38N2O6. The third-order valence-electron chi connectivity index (χ3n) is 5.11. The molecule has 0 aliphatic heterocycles. The first-order valence-electron chi connectivity index (χ1n) is 11.5. The van der Waals surface area contributed by atoms with E-state index in [-0.39, 0.29) is 31.1 Å². The fraction of sp³-hybridized carbons (Fsp3) is 0.560. The fourth-order valence-corrected chi connectivity index (χ4v) is 3.12. The van der Waals surface area contributed by atoms with E-state index in [0.29, 0.717) is 25.1 Å². The third-order valence-corrected chi connectivity index (χ3v) is 5.11. The Morgan fingerprint density at radius 1 is 1.15 bits per heavy atom. The van der Waals surface area contributed by atoms with Gasteiger partial charge >= 0.3 is 5.97 Å². The molecule has 2 unspecified atom stereocenters. The van der Waals surface area contributed by atoms with Crippen LogP contribution in [0.4, 0.5) is 5.69 Å². The minimum absolute atomic E-state index is 0.0187. The number of aryl methyl sites for hydroxylation is 1. The molecule has 0 fully saturated rings. The molecule has 2 amide bonds. The number of amides is 2. The molecule has 0 bridgehead atoms. The van der Waals surface area contributed by atoms with Crippen molar-refractivity contribution >= 4 is 23.5 Å². The predicted octanol–water partition coefficient (Wildman–Crippen LogP) is 3.39. The van der Waals surface area contributed by atoms with Crippen molar-refractivity contribution in [3.8, 4) is 0 Å². The van der Waals surface area contributed by atoms with Crippen molar-refractivity contribution in [2.45, 2.75) is 70.5 Å². The number of rotatable bonds is 16. The topological polar surface area (TPSA) is 116 Å². The Morgan fingerprint density at radius 2 is 1.88 bits per heavy atom. The molecule has 1 rings (SSSR count). The highest BCUT2D eigenvalue weighted by Crippen LogP contribution is 2.18. The van der Waals surface area contributed by atoms with Crippen LogP contribution in [0.2, 0.25) is 0 Å². The first kappa shape index (κ1) is 28.3. The van der Waals surface area contributed by atoms with Gasteiger partial charge in [0.05, 0.1) is 6.10 Å². The summed E-state index contributed by atoms with van der Waals surface area (Å²) in [4.78, 5) is 37.3. The molecule has 0 aromatic heterocycles. The number of para-hydroxylation sites is 1. The number of aliphatic hydroxyl groups is 1. The van der Waals surface area contributed by atoms with E-state index in [4.69, 9.17) is 9.84 Å². The van der Waals surface area contributed by atoms with Gasteiger partial charge in [-0.25, -0.2) is 0 Å². The van der Waals surface area contributed by atoms with Crippen molar-refractivity contribution in [3.63, 3.8) is 0 Å². The second kappa shape index (κ2) is 16.0. The number of likely N-dealkylation sites (N-methyl/N-ethyl adjacent to an activating group) is 1. The highest BCUT2D eigenvalue weighted by molar-refractivity contribution is 5.92. The Balaban J connectivity index is 2.53. The number of aliphatic hydroxyl groups excluding tert-OH is 1. The molecule has 0 spiro atoms. The van der Waals surface area contributed by atoms with E-state index in [1.54, 1.807) is 44.4 Å². The largest absolute Gasteiger partial charge is 0.481 e. The Bertz CT molecular complexity index is 778. The lowest BCUT2D eigenvalue weighted by molar-refractivity contribution is -0.142. The van der Waals surface area contributed by atoms with Gasteiger partial charge in [-0.05, 0) is 50.2 Å². The molecule has 0 aliphatic carbocycles.